The third-order valence-electron chi connectivity index (χ3n) is 6.47. The SMILES string of the molecule is CCC(=O)OCc1cccc(-c2ccc(C3=CCOCC3)cc2)c1O[Si](C)(C)C(C)(C)C. The maximum Gasteiger partial charge on any atom is 0.305 e. The van der Waals surface area contributed by atoms with Crippen LogP contribution in [0.5, 0.6) is 5.75 Å². The Morgan fingerprint density at radius 1 is 1.06 bits per heavy atom. The molecule has 1 aliphatic heterocycles. The van der Waals surface area contributed by atoms with Gasteiger partial charge in [0.2, 0.25) is 0 Å². The number of para-hydroxylation sites is 1. The van der Waals surface area contributed by atoms with Crippen LogP contribution in [0.25, 0.3) is 16.7 Å². The molecule has 0 bridgehead atoms. The van der Waals surface area contributed by atoms with Crippen LogP contribution in [-0.2, 0) is 20.9 Å². The second-order valence-electron chi connectivity index (χ2n) is 9.80. The minimum Gasteiger partial charge on any atom is -0.543 e. The van der Waals surface area contributed by atoms with E-state index in [0.29, 0.717) is 13.0 Å². The molecule has 1 heterocycles. The highest BCUT2D eigenvalue weighted by molar-refractivity contribution is 6.74. The second kappa shape index (κ2) is 10.0. The lowest BCUT2D eigenvalue weighted by atomic mass is 9.96. The fourth-order valence-electron chi connectivity index (χ4n) is 3.37. The first-order chi connectivity index (χ1) is 15.1. The molecule has 1 aliphatic rings. The molecule has 172 valence electrons. The largest absolute Gasteiger partial charge is 0.543 e. The van der Waals surface area contributed by atoms with Crippen LogP contribution in [0.1, 0.15) is 51.7 Å². The van der Waals surface area contributed by atoms with Gasteiger partial charge in [-0.3, -0.25) is 4.79 Å². The molecule has 0 saturated heterocycles. The molecule has 2 aromatic carbocycles. The highest BCUT2D eigenvalue weighted by Gasteiger charge is 2.40. The third-order valence-corrected chi connectivity index (χ3v) is 10.8. The first-order valence-electron chi connectivity index (χ1n) is 11.5. The van der Waals surface area contributed by atoms with Gasteiger partial charge in [-0.25, -0.2) is 0 Å². The molecule has 0 radical (unpaired) electrons. The molecule has 0 spiro atoms. The minimum atomic E-state index is -2.11. The monoisotopic (exact) mass is 452 g/mol. The topological polar surface area (TPSA) is 44.8 Å². The van der Waals surface area contributed by atoms with Crippen LogP contribution in [-0.4, -0.2) is 27.5 Å². The molecular formula is C27H36O4Si. The van der Waals surface area contributed by atoms with Crippen molar-refractivity contribution in [1.29, 1.82) is 0 Å². The molecule has 2 aromatic rings. The van der Waals surface area contributed by atoms with Gasteiger partial charge in [0.25, 0.3) is 8.32 Å². The number of carbonyl (C=O) groups is 1. The Morgan fingerprint density at radius 3 is 2.34 bits per heavy atom. The van der Waals surface area contributed by atoms with Crippen molar-refractivity contribution in [3.05, 3.63) is 59.7 Å². The van der Waals surface area contributed by atoms with Gasteiger partial charge in [-0.2, -0.15) is 0 Å². The van der Waals surface area contributed by atoms with E-state index in [-0.39, 0.29) is 17.6 Å². The molecule has 0 unspecified atom stereocenters. The molecule has 32 heavy (non-hydrogen) atoms. The van der Waals surface area contributed by atoms with Crippen molar-refractivity contribution in [2.75, 3.05) is 13.2 Å². The Balaban J connectivity index is 2.00. The minimum absolute atomic E-state index is 0.0524. The van der Waals surface area contributed by atoms with Crippen molar-refractivity contribution >= 4 is 19.9 Å². The van der Waals surface area contributed by atoms with E-state index in [2.05, 4.69) is 70.3 Å². The molecule has 5 heteroatoms. The molecule has 0 fully saturated rings. The number of esters is 1. The van der Waals surface area contributed by atoms with Crippen LogP contribution in [0.4, 0.5) is 0 Å². The number of benzene rings is 2. The van der Waals surface area contributed by atoms with Crippen LogP contribution in [0.3, 0.4) is 0 Å². The van der Waals surface area contributed by atoms with E-state index in [0.717, 1.165) is 35.5 Å². The summed E-state index contributed by atoms with van der Waals surface area (Å²) in [6.07, 6.45) is 3.46. The summed E-state index contributed by atoms with van der Waals surface area (Å²) in [5.41, 5.74) is 5.61. The third kappa shape index (κ3) is 5.70. The van der Waals surface area contributed by atoms with Crippen LogP contribution in [0.15, 0.2) is 48.5 Å². The van der Waals surface area contributed by atoms with Gasteiger partial charge in [-0.05, 0) is 41.3 Å². The highest BCUT2D eigenvalue weighted by atomic mass is 28.4. The van der Waals surface area contributed by atoms with E-state index in [1.807, 2.05) is 12.1 Å². The van der Waals surface area contributed by atoms with Gasteiger partial charge in [0.05, 0.1) is 13.2 Å². The molecule has 0 amide bonds. The van der Waals surface area contributed by atoms with Crippen molar-refractivity contribution in [3.8, 4) is 16.9 Å². The maximum absolute atomic E-state index is 11.8. The summed E-state index contributed by atoms with van der Waals surface area (Å²) in [5, 5.41) is 0.0524. The van der Waals surface area contributed by atoms with Gasteiger partial charge in [-0.15, -0.1) is 0 Å². The predicted octanol–water partition coefficient (Wildman–Crippen LogP) is 6.99. The van der Waals surface area contributed by atoms with Crippen LogP contribution < -0.4 is 4.43 Å². The molecule has 3 rings (SSSR count). The van der Waals surface area contributed by atoms with Crippen LogP contribution >= 0.6 is 0 Å². The van der Waals surface area contributed by atoms with Crippen molar-refractivity contribution in [3.63, 3.8) is 0 Å². The summed E-state index contributed by atoms with van der Waals surface area (Å²) in [7, 11) is -2.11. The standard InChI is InChI=1S/C27H36O4Si/c1-7-25(28)30-19-23-9-8-10-24(26(23)31-32(5,6)27(2,3)4)22-13-11-20(12-14-22)21-15-17-29-18-16-21/h8-15H,7,16-19H2,1-6H3. The Morgan fingerprint density at radius 2 is 1.75 bits per heavy atom. The summed E-state index contributed by atoms with van der Waals surface area (Å²) >= 11 is 0. The summed E-state index contributed by atoms with van der Waals surface area (Å²) in [6.45, 7) is 14.7. The highest BCUT2D eigenvalue weighted by Crippen LogP contribution is 2.42. The summed E-state index contributed by atoms with van der Waals surface area (Å²) in [4.78, 5) is 11.8. The first kappa shape index (κ1) is 24.3. The number of carbonyl (C=O) groups excluding carboxylic acids is 1. The van der Waals surface area contributed by atoms with Gasteiger partial charge >= 0.3 is 5.97 Å². The molecule has 0 N–H and O–H groups in total. The lowest BCUT2D eigenvalue weighted by Crippen LogP contribution is -2.44. The van der Waals surface area contributed by atoms with E-state index in [4.69, 9.17) is 13.9 Å². The molecular weight excluding hydrogens is 416 g/mol. The fourth-order valence-corrected chi connectivity index (χ4v) is 4.43. The Kier molecular flexibility index (Phi) is 7.62. The summed E-state index contributed by atoms with van der Waals surface area (Å²) in [6, 6.07) is 14.8. The van der Waals surface area contributed by atoms with Gasteiger partial charge in [0, 0.05) is 17.5 Å². The average Bonchev–Trinajstić information content (AvgIpc) is 2.78. The van der Waals surface area contributed by atoms with Crippen LogP contribution in [0, 0.1) is 0 Å². The zero-order valence-corrected chi connectivity index (χ0v) is 21.3. The Hall–Kier alpha value is -2.37. The van der Waals surface area contributed by atoms with E-state index in [1.54, 1.807) is 6.92 Å². The molecule has 0 saturated carbocycles. The van der Waals surface area contributed by atoms with Gasteiger partial charge in [0.15, 0.2) is 0 Å². The number of rotatable bonds is 7. The second-order valence-corrected chi connectivity index (χ2v) is 14.5. The summed E-state index contributed by atoms with van der Waals surface area (Å²) in [5.74, 6) is 0.629. The van der Waals surface area contributed by atoms with E-state index < -0.39 is 8.32 Å². The zero-order chi connectivity index (χ0) is 23.4. The summed E-state index contributed by atoms with van der Waals surface area (Å²) < 4.78 is 17.7. The van der Waals surface area contributed by atoms with Crippen LogP contribution in [0.2, 0.25) is 18.1 Å². The molecule has 0 aromatic heterocycles. The van der Waals surface area contributed by atoms with Gasteiger partial charge < -0.3 is 13.9 Å². The number of hydrogen-bond donors (Lipinski definition) is 0. The van der Waals surface area contributed by atoms with Crippen molar-refractivity contribution < 1.29 is 18.7 Å². The molecule has 0 atom stereocenters. The van der Waals surface area contributed by atoms with Crippen molar-refractivity contribution in [1.82, 2.24) is 0 Å². The van der Waals surface area contributed by atoms with E-state index in [1.165, 1.54) is 11.1 Å². The Labute approximate surface area is 193 Å². The smallest absolute Gasteiger partial charge is 0.305 e. The quantitative estimate of drug-likeness (QED) is 0.335. The van der Waals surface area contributed by atoms with E-state index >= 15 is 0 Å². The zero-order valence-electron chi connectivity index (χ0n) is 20.3. The van der Waals surface area contributed by atoms with Gasteiger partial charge in [0.1, 0.15) is 12.4 Å². The van der Waals surface area contributed by atoms with Crippen molar-refractivity contribution in [2.24, 2.45) is 0 Å². The lowest BCUT2D eigenvalue weighted by molar-refractivity contribution is -0.144. The normalized spacial score (nSPS) is 14.6. The number of hydrogen-bond acceptors (Lipinski definition) is 4. The van der Waals surface area contributed by atoms with Gasteiger partial charge in [-0.1, -0.05) is 76.2 Å². The van der Waals surface area contributed by atoms with Crippen molar-refractivity contribution in [2.45, 2.75) is 65.3 Å². The Bertz CT molecular complexity index is 968. The predicted molar refractivity (Wildman–Crippen MR) is 133 cm³/mol. The average molecular weight is 453 g/mol. The van der Waals surface area contributed by atoms with E-state index in [9.17, 15) is 4.79 Å². The fraction of sp³-hybridized carbons (Fsp3) is 0.444. The molecule has 4 nitrogen and oxygen atoms in total. The first-order valence-corrected chi connectivity index (χ1v) is 14.4. The number of ether oxygens (including phenoxy) is 2. The molecule has 0 aliphatic carbocycles. The maximum atomic E-state index is 11.8. The lowest BCUT2D eigenvalue weighted by Gasteiger charge is -2.37.